The van der Waals surface area contributed by atoms with Gasteiger partial charge < -0.3 is 20.3 Å². The number of aliphatic hydroxyl groups excluding tert-OH is 1. The van der Waals surface area contributed by atoms with Crippen molar-refractivity contribution in [2.75, 3.05) is 39.3 Å². The number of nitrogens with two attached hydrogens (primary N) is 1. The van der Waals surface area contributed by atoms with Crippen LogP contribution in [0.2, 0.25) is 0 Å². The van der Waals surface area contributed by atoms with Crippen molar-refractivity contribution in [2.24, 2.45) is 10.7 Å². The zero-order chi connectivity index (χ0) is 23.2. The SMILES string of the molecule is CC(c1ccc(-c2ccccc2)c(F)c1)c1cc(CN=C(N)N2CCN(CCO)CC2)no1. The second-order valence-electron chi connectivity index (χ2n) is 8.27. The second kappa shape index (κ2) is 10.6. The summed E-state index contributed by atoms with van der Waals surface area (Å²) in [6.07, 6.45) is 0. The Morgan fingerprint density at radius 1 is 1.15 bits per heavy atom. The van der Waals surface area contributed by atoms with Crippen molar-refractivity contribution in [3.8, 4) is 11.1 Å². The number of aliphatic hydroxyl groups is 1. The van der Waals surface area contributed by atoms with Crippen LogP contribution in [0.25, 0.3) is 11.1 Å². The summed E-state index contributed by atoms with van der Waals surface area (Å²) >= 11 is 0. The molecule has 0 aliphatic carbocycles. The summed E-state index contributed by atoms with van der Waals surface area (Å²) in [5.41, 5.74) is 9.08. The van der Waals surface area contributed by atoms with E-state index in [0.717, 1.165) is 37.3 Å². The molecule has 1 aromatic heterocycles. The maximum absolute atomic E-state index is 14.8. The Morgan fingerprint density at radius 2 is 1.91 bits per heavy atom. The van der Waals surface area contributed by atoms with Gasteiger partial charge in [-0.1, -0.05) is 54.5 Å². The van der Waals surface area contributed by atoms with E-state index >= 15 is 0 Å². The number of β-amino-alcohol motifs (C(OH)–C–C–N with tert-alkyl or cyclic N) is 1. The fraction of sp³-hybridized carbons (Fsp3) is 0.360. The molecule has 2 aromatic carbocycles. The summed E-state index contributed by atoms with van der Waals surface area (Å²) in [6.45, 7) is 6.39. The van der Waals surface area contributed by atoms with Crippen molar-refractivity contribution in [2.45, 2.75) is 19.4 Å². The quantitative estimate of drug-likeness (QED) is 0.424. The van der Waals surface area contributed by atoms with Crippen molar-refractivity contribution in [1.29, 1.82) is 0 Å². The Balaban J connectivity index is 1.38. The summed E-state index contributed by atoms with van der Waals surface area (Å²) in [4.78, 5) is 8.70. The largest absolute Gasteiger partial charge is 0.395 e. The number of nitrogens with zero attached hydrogens (tertiary/aromatic N) is 4. The van der Waals surface area contributed by atoms with Gasteiger partial charge in [0.15, 0.2) is 5.96 Å². The molecule has 33 heavy (non-hydrogen) atoms. The van der Waals surface area contributed by atoms with Gasteiger partial charge in [0, 0.05) is 50.3 Å². The lowest BCUT2D eigenvalue weighted by molar-refractivity contribution is 0.146. The molecule has 3 aromatic rings. The molecule has 7 nitrogen and oxygen atoms in total. The van der Waals surface area contributed by atoms with Crippen LogP contribution in [-0.4, -0.2) is 65.4 Å². The molecule has 0 spiro atoms. The Kier molecular flexibility index (Phi) is 7.36. The molecule has 2 heterocycles. The summed E-state index contributed by atoms with van der Waals surface area (Å²) < 4.78 is 20.3. The van der Waals surface area contributed by atoms with Crippen LogP contribution in [0, 0.1) is 5.82 Å². The lowest BCUT2D eigenvalue weighted by Gasteiger charge is -2.34. The minimum absolute atomic E-state index is 0.147. The number of piperazine rings is 1. The minimum Gasteiger partial charge on any atom is -0.395 e. The minimum atomic E-state index is -0.262. The standard InChI is InChI=1S/C25H30FN5O2/c1-18(20-7-8-22(23(26)15-20)19-5-3-2-4-6-19)24-16-21(29-33-24)17-28-25(27)31-11-9-30(10-12-31)13-14-32/h2-8,15-16,18,32H,9-14,17H2,1H3,(H2,27,28). The number of guanidine groups is 1. The fourth-order valence-electron chi connectivity index (χ4n) is 4.03. The van der Waals surface area contributed by atoms with Crippen LogP contribution in [0.5, 0.6) is 0 Å². The topological polar surface area (TPSA) is 91.1 Å². The van der Waals surface area contributed by atoms with E-state index in [1.54, 1.807) is 12.1 Å². The van der Waals surface area contributed by atoms with Crippen LogP contribution >= 0.6 is 0 Å². The molecule has 1 saturated heterocycles. The molecule has 8 heteroatoms. The third kappa shape index (κ3) is 5.58. The molecule has 4 rings (SSSR count). The summed E-state index contributed by atoms with van der Waals surface area (Å²) in [6, 6.07) is 16.6. The van der Waals surface area contributed by atoms with Crippen LogP contribution in [0.4, 0.5) is 4.39 Å². The summed E-state index contributed by atoms with van der Waals surface area (Å²) in [7, 11) is 0. The van der Waals surface area contributed by atoms with Crippen LogP contribution in [0.3, 0.4) is 0 Å². The molecule has 1 atom stereocenters. The number of rotatable bonds is 7. The van der Waals surface area contributed by atoms with E-state index in [2.05, 4.69) is 15.0 Å². The molecule has 3 N–H and O–H groups in total. The zero-order valence-electron chi connectivity index (χ0n) is 18.8. The molecular formula is C25H30FN5O2. The van der Waals surface area contributed by atoms with Gasteiger partial charge in [-0.2, -0.15) is 0 Å². The lowest BCUT2D eigenvalue weighted by Crippen LogP contribution is -2.51. The van der Waals surface area contributed by atoms with Crippen LogP contribution in [-0.2, 0) is 6.54 Å². The first kappa shape index (κ1) is 22.9. The fourth-order valence-corrected chi connectivity index (χ4v) is 4.03. The molecule has 0 amide bonds. The first-order valence-corrected chi connectivity index (χ1v) is 11.2. The highest BCUT2D eigenvalue weighted by Gasteiger charge is 2.19. The highest BCUT2D eigenvalue weighted by atomic mass is 19.1. The van der Waals surface area contributed by atoms with Gasteiger partial charge in [0.2, 0.25) is 0 Å². The van der Waals surface area contributed by atoms with Gasteiger partial charge in [0.25, 0.3) is 0 Å². The van der Waals surface area contributed by atoms with Crippen LogP contribution in [0.1, 0.15) is 29.9 Å². The molecule has 1 aliphatic heterocycles. The maximum atomic E-state index is 14.8. The van der Waals surface area contributed by atoms with Crippen molar-refractivity contribution < 1.29 is 14.0 Å². The van der Waals surface area contributed by atoms with Crippen LogP contribution < -0.4 is 5.73 Å². The molecule has 1 unspecified atom stereocenters. The molecular weight excluding hydrogens is 421 g/mol. The number of halogens is 1. The second-order valence-corrected chi connectivity index (χ2v) is 8.27. The first-order valence-electron chi connectivity index (χ1n) is 11.2. The van der Waals surface area contributed by atoms with Gasteiger partial charge in [-0.15, -0.1) is 0 Å². The predicted octanol–water partition coefficient (Wildman–Crippen LogP) is 3.06. The van der Waals surface area contributed by atoms with E-state index in [4.69, 9.17) is 15.4 Å². The van der Waals surface area contributed by atoms with E-state index in [-0.39, 0.29) is 18.3 Å². The van der Waals surface area contributed by atoms with Gasteiger partial charge in [0.05, 0.1) is 13.2 Å². The Labute approximate surface area is 193 Å². The normalized spacial score (nSPS) is 16.2. The Hall–Kier alpha value is -3.23. The van der Waals surface area contributed by atoms with Crippen molar-refractivity contribution in [3.63, 3.8) is 0 Å². The highest BCUT2D eigenvalue weighted by Crippen LogP contribution is 2.29. The monoisotopic (exact) mass is 451 g/mol. The number of hydrogen-bond donors (Lipinski definition) is 2. The van der Waals surface area contributed by atoms with E-state index in [1.165, 1.54) is 0 Å². The third-order valence-electron chi connectivity index (χ3n) is 6.10. The zero-order valence-corrected chi connectivity index (χ0v) is 18.8. The van der Waals surface area contributed by atoms with Crippen molar-refractivity contribution in [1.82, 2.24) is 15.0 Å². The summed E-state index contributed by atoms with van der Waals surface area (Å²) in [5.74, 6) is 0.728. The average Bonchev–Trinajstić information content (AvgIpc) is 3.32. The molecule has 0 saturated carbocycles. The maximum Gasteiger partial charge on any atom is 0.191 e. The van der Waals surface area contributed by atoms with Gasteiger partial charge >= 0.3 is 0 Å². The van der Waals surface area contributed by atoms with Crippen molar-refractivity contribution >= 4 is 5.96 Å². The van der Waals surface area contributed by atoms with Crippen LogP contribution in [0.15, 0.2) is 64.1 Å². The molecule has 1 aliphatic rings. The van der Waals surface area contributed by atoms with Gasteiger partial charge in [0.1, 0.15) is 17.3 Å². The van der Waals surface area contributed by atoms with E-state index in [9.17, 15) is 4.39 Å². The molecule has 174 valence electrons. The number of aliphatic imine (C=N–C) groups is 1. The first-order chi connectivity index (χ1) is 16.0. The highest BCUT2D eigenvalue weighted by molar-refractivity contribution is 5.78. The smallest absolute Gasteiger partial charge is 0.191 e. The van der Waals surface area contributed by atoms with E-state index in [1.807, 2.05) is 54.3 Å². The molecule has 0 radical (unpaired) electrons. The number of hydrogen-bond acceptors (Lipinski definition) is 5. The molecule has 1 fully saturated rings. The Morgan fingerprint density at radius 3 is 2.61 bits per heavy atom. The third-order valence-corrected chi connectivity index (χ3v) is 6.10. The Bertz CT molecular complexity index is 1080. The number of benzene rings is 2. The van der Waals surface area contributed by atoms with Gasteiger partial charge in [-0.05, 0) is 17.2 Å². The molecule has 0 bridgehead atoms. The van der Waals surface area contributed by atoms with Crippen molar-refractivity contribution in [3.05, 3.63) is 77.4 Å². The summed E-state index contributed by atoms with van der Waals surface area (Å²) in [5, 5.41) is 13.2. The predicted molar refractivity (Wildman–Crippen MR) is 126 cm³/mol. The van der Waals surface area contributed by atoms with E-state index in [0.29, 0.717) is 36.1 Å². The van der Waals surface area contributed by atoms with Gasteiger partial charge in [-0.3, -0.25) is 4.90 Å². The number of aromatic nitrogens is 1. The van der Waals surface area contributed by atoms with Gasteiger partial charge in [-0.25, -0.2) is 9.38 Å². The van der Waals surface area contributed by atoms with E-state index < -0.39 is 0 Å². The lowest BCUT2D eigenvalue weighted by atomic mass is 9.95. The average molecular weight is 452 g/mol.